The van der Waals surface area contributed by atoms with Gasteiger partial charge in [0, 0.05) is 32.0 Å². The van der Waals surface area contributed by atoms with Crippen molar-refractivity contribution in [3.05, 3.63) is 65.1 Å². The number of benzene rings is 1. The standard InChI is InChI=1S/C22H23N5O3/c1-15-10-23-20-18(11-24-27(20)12-15)21(28)26-8-9-30-19(14-26)22(29)25-7-6-16-4-2-3-5-17(16)13-25/h2-5,10-12,19H,6-9,13-14H2,1H3. The summed E-state index contributed by atoms with van der Waals surface area (Å²) in [5.74, 6) is -0.234. The van der Waals surface area contributed by atoms with Gasteiger partial charge in [-0.1, -0.05) is 24.3 Å². The number of rotatable bonds is 2. The van der Waals surface area contributed by atoms with Crippen LogP contribution in [0, 0.1) is 6.92 Å². The van der Waals surface area contributed by atoms with Gasteiger partial charge in [0.25, 0.3) is 11.8 Å². The van der Waals surface area contributed by atoms with Crippen LogP contribution in [-0.4, -0.2) is 68.6 Å². The topological polar surface area (TPSA) is 80.0 Å². The van der Waals surface area contributed by atoms with Gasteiger partial charge < -0.3 is 14.5 Å². The van der Waals surface area contributed by atoms with Crippen molar-refractivity contribution in [3.8, 4) is 0 Å². The van der Waals surface area contributed by atoms with Gasteiger partial charge in [0.15, 0.2) is 11.8 Å². The fraction of sp³-hybridized carbons (Fsp3) is 0.364. The Bertz CT molecular complexity index is 1120. The van der Waals surface area contributed by atoms with Crippen LogP contribution in [0.2, 0.25) is 0 Å². The third-order valence-corrected chi connectivity index (χ3v) is 5.79. The zero-order valence-corrected chi connectivity index (χ0v) is 16.8. The second kappa shape index (κ2) is 7.53. The Balaban J connectivity index is 1.31. The van der Waals surface area contributed by atoms with E-state index in [1.165, 1.54) is 17.3 Å². The van der Waals surface area contributed by atoms with Crippen molar-refractivity contribution < 1.29 is 14.3 Å². The molecule has 4 heterocycles. The van der Waals surface area contributed by atoms with Crippen LogP contribution in [0.1, 0.15) is 27.0 Å². The number of fused-ring (bicyclic) bond motifs is 2. The minimum atomic E-state index is -0.648. The SMILES string of the molecule is Cc1cnc2c(C(=O)N3CCOC(C(=O)N4CCc5ccccc5C4)C3)cnn2c1. The van der Waals surface area contributed by atoms with Gasteiger partial charge >= 0.3 is 0 Å². The minimum absolute atomic E-state index is 0.0596. The van der Waals surface area contributed by atoms with E-state index in [1.54, 1.807) is 15.6 Å². The van der Waals surface area contributed by atoms with E-state index < -0.39 is 6.10 Å². The number of hydrogen-bond donors (Lipinski definition) is 0. The average Bonchev–Trinajstić information content (AvgIpc) is 3.20. The zero-order chi connectivity index (χ0) is 20.7. The molecule has 30 heavy (non-hydrogen) atoms. The van der Waals surface area contributed by atoms with E-state index in [-0.39, 0.29) is 18.4 Å². The van der Waals surface area contributed by atoms with Crippen LogP contribution in [0.3, 0.4) is 0 Å². The maximum absolute atomic E-state index is 13.1. The number of carbonyl (C=O) groups is 2. The van der Waals surface area contributed by atoms with Crippen molar-refractivity contribution in [2.24, 2.45) is 0 Å². The van der Waals surface area contributed by atoms with Crippen LogP contribution in [0.5, 0.6) is 0 Å². The van der Waals surface area contributed by atoms with E-state index in [0.717, 1.165) is 12.0 Å². The molecule has 1 aromatic carbocycles. The molecule has 0 spiro atoms. The Labute approximate surface area is 174 Å². The molecule has 2 aromatic heterocycles. The van der Waals surface area contributed by atoms with E-state index >= 15 is 0 Å². The largest absolute Gasteiger partial charge is 0.365 e. The van der Waals surface area contributed by atoms with Gasteiger partial charge in [-0.15, -0.1) is 0 Å². The maximum Gasteiger partial charge on any atom is 0.259 e. The zero-order valence-electron chi connectivity index (χ0n) is 16.8. The number of aromatic nitrogens is 3. The van der Waals surface area contributed by atoms with Crippen LogP contribution in [-0.2, 0) is 22.5 Å². The van der Waals surface area contributed by atoms with E-state index in [9.17, 15) is 9.59 Å². The number of aryl methyl sites for hydroxylation is 1. The number of hydrogen-bond acceptors (Lipinski definition) is 5. The Morgan fingerprint density at radius 3 is 2.80 bits per heavy atom. The monoisotopic (exact) mass is 405 g/mol. The van der Waals surface area contributed by atoms with Crippen molar-refractivity contribution in [1.82, 2.24) is 24.4 Å². The Kier molecular flexibility index (Phi) is 4.71. The summed E-state index contributed by atoms with van der Waals surface area (Å²) in [6.45, 7) is 4.18. The van der Waals surface area contributed by atoms with Crippen molar-refractivity contribution in [2.45, 2.75) is 26.0 Å². The molecule has 2 aliphatic rings. The molecular formula is C22H23N5O3. The number of ether oxygens (including phenoxy) is 1. The molecule has 0 N–H and O–H groups in total. The fourth-order valence-electron chi connectivity index (χ4n) is 4.16. The average molecular weight is 405 g/mol. The Hall–Kier alpha value is -3.26. The van der Waals surface area contributed by atoms with Crippen molar-refractivity contribution >= 4 is 17.5 Å². The fourth-order valence-corrected chi connectivity index (χ4v) is 4.16. The Morgan fingerprint density at radius 2 is 1.93 bits per heavy atom. The summed E-state index contributed by atoms with van der Waals surface area (Å²) >= 11 is 0. The van der Waals surface area contributed by atoms with Crippen LogP contribution < -0.4 is 0 Å². The highest BCUT2D eigenvalue weighted by Crippen LogP contribution is 2.21. The molecule has 1 atom stereocenters. The van der Waals surface area contributed by atoms with Crippen molar-refractivity contribution in [1.29, 1.82) is 0 Å². The lowest BCUT2D eigenvalue weighted by molar-refractivity contribution is -0.149. The summed E-state index contributed by atoms with van der Waals surface area (Å²) in [6, 6.07) is 8.20. The molecular weight excluding hydrogens is 382 g/mol. The van der Waals surface area contributed by atoms with Crippen LogP contribution in [0.15, 0.2) is 42.9 Å². The van der Waals surface area contributed by atoms with Gasteiger partial charge in [0.1, 0.15) is 5.56 Å². The summed E-state index contributed by atoms with van der Waals surface area (Å²) in [5, 5.41) is 4.24. The van der Waals surface area contributed by atoms with E-state index in [2.05, 4.69) is 22.2 Å². The highest BCUT2D eigenvalue weighted by atomic mass is 16.5. The molecule has 0 aliphatic carbocycles. The molecule has 0 bridgehead atoms. The molecule has 2 amide bonds. The quantitative estimate of drug-likeness (QED) is 0.645. The molecule has 8 nitrogen and oxygen atoms in total. The van der Waals surface area contributed by atoms with Crippen molar-refractivity contribution in [2.75, 3.05) is 26.2 Å². The number of nitrogens with zero attached hydrogens (tertiary/aromatic N) is 5. The first-order chi connectivity index (χ1) is 14.6. The van der Waals surface area contributed by atoms with E-state index in [0.29, 0.717) is 37.5 Å². The lowest BCUT2D eigenvalue weighted by Gasteiger charge is -2.36. The number of amides is 2. The molecule has 1 unspecified atom stereocenters. The Morgan fingerprint density at radius 1 is 1.10 bits per heavy atom. The van der Waals surface area contributed by atoms with Gasteiger partial charge in [-0.25, -0.2) is 9.50 Å². The molecule has 3 aromatic rings. The van der Waals surface area contributed by atoms with Crippen LogP contribution in [0.4, 0.5) is 0 Å². The number of carbonyl (C=O) groups excluding carboxylic acids is 2. The van der Waals surface area contributed by atoms with Crippen LogP contribution >= 0.6 is 0 Å². The minimum Gasteiger partial charge on any atom is -0.365 e. The summed E-state index contributed by atoms with van der Waals surface area (Å²) in [6.07, 6.45) is 5.28. The van der Waals surface area contributed by atoms with Gasteiger partial charge in [-0.2, -0.15) is 5.10 Å². The number of morpholine rings is 1. The van der Waals surface area contributed by atoms with Crippen LogP contribution in [0.25, 0.3) is 5.65 Å². The van der Waals surface area contributed by atoms with Crippen molar-refractivity contribution in [3.63, 3.8) is 0 Å². The highest BCUT2D eigenvalue weighted by Gasteiger charge is 2.34. The molecule has 154 valence electrons. The van der Waals surface area contributed by atoms with Gasteiger partial charge in [-0.3, -0.25) is 9.59 Å². The predicted molar refractivity (Wildman–Crippen MR) is 109 cm³/mol. The second-order valence-corrected chi connectivity index (χ2v) is 7.85. The molecule has 2 aliphatic heterocycles. The first-order valence-corrected chi connectivity index (χ1v) is 10.2. The summed E-state index contributed by atoms with van der Waals surface area (Å²) in [7, 11) is 0. The van der Waals surface area contributed by atoms with E-state index in [4.69, 9.17) is 4.74 Å². The summed E-state index contributed by atoms with van der Waals surface area (Å²) in [5.41, 5.74) is 4.39. The normalized spacial score (nSPS) is 19.0. The van der Waals surface area contributed by atoms with Gasteiger partial charge in [0.05, 0.1) is 19.3 Å². The lowest BCUT2D eigenvalue weighted by atomic mass is 9.99. The molecule has 1 fully saturated rings. The summed E-state index contributed by atoms with van der Waals surface area (Å²) in [4.78, 5) is 34.1. The maximum atomic E-state index is 13.1. The second-order valence-electron chi connectivity index (χ2n) is 7.85. The molecule has 8 heteroatoms. The molecule has 0 saturated carbocycles. The third-order valence-electron chi connectivity index (χ3n) is 5.79. The highest BCUT2D eigenvalue weighted by molar-refractivity contribution is 6.00. The first-order valence-electron chi connectivity index (χ1n) is 10.2. The third kappa shape index (κ3) is 3.33. The lowest BCUT2D eigenvalue weighted by Crippen LogP contribution is -2.53. The first kappa shape index (κ1) is 18.7. The van der Waals surface area contributed by atoms with Gasteiger partial charge in [0.2, 0.25) is 0 Å². The van der Waals surface area contributed by atoms with E-state index in [1.807, 2.05) is 30.2 Å². The summed E-state index contributed by atoms with van der Waals surface area (Å²) < 4.78 is 7.37. The molecule has 0 radical (unpaired) electrons. The molecule has 1 saturated heterocycles. The smallest absolute Gasteiger partial charge is 0.259 e. The van der Waals surface area contributed by atoms with Gasteiger partial charge in [-0.05, 0) is 30.0 Å². The molecule has 5 rings (SSSR count). The predicted octanol–water partition coefficient (Wildman–Crippen LogP) is 1.46.